The van der Waals surface area contributed by atoms with Crippen LogP contribution in [-0.2, 0) is 0 Å². The summed E-state index contributed by atoms with van der Waals surface area (Å²) in [5.74, 6) is 0.871. The molecular weight excluding hydrogens is 240 g/mol. The van der Waals surface area contributed by atoms with Gasteiger partial charge in [0.25, 0.3) is 0 Å². The van der Waals surface area contributed by atoms with Crippen LogP contribution >= 0.6 is 15.9 Å². The molecule has 1 aromatic rings. The van der Waals surface area contributed by atoms with Gasteiger partial charge in [-0.1, -0.05) is 6.92 Å². The van der Waals surface area contributed by atoms with Crippen molar-refractivity contribution >= 4 is 21.6 Å². The summed E-state index contributed by atoms with van der Waals surface area (Å²) in [6.07, 6.45) is 5.81. The fourth-order valence-corrected chi connectivity index (χ4v) is 2.27. The Balaban J connectivity index is 1.94. The third-order valence-corrected chi connectivity index (χ3v) is 3.26. The van der Waals surface area contributed by atoms with E-state index in [1.807, 2.05) is 12.3 Å². The molecule has 0 saturated heterocycles. The molecule has 0 amide bonds. The van der Waals surface area contributed by atoms with E-state index in [0.717, 1.165) is 16.2 Å². The van der Waals surface area contributed by atoms with E-state index in [1.165, 1.54) is 19.3 Å². The van der Waals surface area contributed by atoms with Gasteiger partial charge >= 0.3 is 0 Å². The lowest BCUT2D eigenvalue weighted by molar-refractivity contribution is 0.602. The first-order chi connectivity index (χ1) is 6.74. The lowest BCUT2D eigenvalue weighted by atomic mass is 10.1. The first-order valence-corrected chi connectivity index (χ1v) is 5.91. The second-order valence-corrected chi connectivity index (χ2v) is 4.94. The number of aromatic nitrogens is 1. The van der Waals surface area contributed by atoms with Gasteiger partial charge in [0.15, 0.2) is 0 Å². The molecule has 1 saturated carbocycles. The Morgan fingerprint density at radius 2 is 2.29 bits per heavy atom. The van der Waals surface area contributed by atoms with Crippen molar-refractivity contribution in [2.24, 2.45) is 5.92 Å². The normalized spacial score (nSPS) is 26.4. The number of nitrogens with zero attached hydrogens (tertiary/aromatic N) is 1. The highest BCUT2D eigenvalue weighted by Crippen LogP contribution is 2.27. The predicted octanol–water partition coefficient (Wildman–Crippen LogP) is 3.44. The van der Waals surface area contributed by atoms with Crippen LogP contribution in [0, 0.1) is 5.92 Å². The van der Waals surface area contributed by atoms with Crippen LogP contribution in [0.4, 0.5) is 5.69 Å². The summed E-state index contributed by atoms with van der Waals surface area (Å²) in [5, 5.41) is 3.52. The molecule has 3 heteroatoms. The fraction of sp³-hybridized carbons (Fsp3) is 0.545. The molecule has 2 unspecified atom stereocenters. The monoisotopic (exact) mass is 254 g/mol. The van der Waals surface area contributed by atoms with Crippen LogP contribution in [0.5, 0.6) is 0 Å². The molecule has 1 aliphatic rings. The number of hydrogen-bond donors (Lipinski definition) is 1. The summed E-state index contributed by atoms with van der Waals surface area (Å²) in [4.78, 5) is 4.19. The van der Waals surface area contributed by atoms with Crippen molar-refractivity contribution in [3.8, 4) is 0 Å². The predicted molar refractivity (Wildman–Crippen MR) is 62.4 cm³/mol. The fourth-order valence-electron chi connectivity index (χ4n) is 2.04. The highest BCUT2D eigenvalue weighted by Gasteiger charge is 2.20. The lowest BCUT2D eigenvalue weighted by Crippen LogP contribution is -2.15. The molecular formula is C11H15BrN2. The Bertz CT molecular complexity index is 297. The lowest BCUT2D eigenvalue weighted by Gasteiger charge is -2.13. The molecule has 0 radical (unpaired) electrons. The number of anilines is 1. The average molecular weight is 255 g/mol. The molecule has 0 aliphatic heterocycles. The van der Waals surface area contributed by atoms with Crippen LogP contribution in [0.2, 0.25) is 0 Å². The van der Waals surface area contributed by atoms with Crippen molar-refractivity contribution in [1.82, 2.24) is 4.98 Å². The molecule has 0 spiro atoms. The van der Waals surface area contributed by atoms with E-state index >= 15 is 0 Å². The maximum absolute atomic E-state index is 4.19. The third-order valence-electron chi connectivity index (χ3n) is 2.79. The quantitative estimate of drug-likeness (QED) is 0.819. The van der Waals surface area contributed by atoms with Crippen molar-refractivity contribution in [3.63, 3.8) is 0 Å². The largest absolute Gasteiger partial charge is 0.381 e. The highest BCUT2D eigenvalue weighted by atomic mass is 79.9. The van der Waals surface area contributed by atoms with Crippen molar-refractivity contribution in [3.05, 3.63) is 22.9 Å². The molecule has 1 N–H and O–H groups in total. The van der Waals surface area contributed by atoms with Crippen LogP contribution < -0.4 is 5.32 Å². The summed E-state index contributed by atoms with van der Waals surface area (Å²) in [5.41, 5.74) is 1.13. The van der Waals surface area contributed by atoms with E-state index < -0.39 is 0 Å². The molecule has 14 heavy (non-hydrogen) atoms. The van der Waals surface area contributed by atoms with Gasteiger partial charge in [-0.05, 0) is 53.2 Å². The Morgan fingerprint density at radius 3 is 2.86 bits per heavy atom. The molecule has 1 fully saturated rings. The maximum atomic E-state index is 4.19. The standard InChI is InChI=1S/C11H15BrN2/c1-8-2-3-9(6-8)14-10-4-5-11(12)13-7-10/h4-5,7-9,14H,2-3,6H2,1H3. The summed E-state index contributed by atoms with van der Waals surface area (Å²) in [6.45, 7) is 2.32. The van der Waals surface area contributed by atoms with Gasteiger partial charge < -0.3 is 5.32 Å². The Labute approximate surface area is 93.3 Å². The Kier molecular flexibility index (Phi) is 3.06. The van der Waals surface area contributed by atoms with Gasteiger partial charge in [0.1, 0.15) is 4.60 Å². The molecule has 1 aliphatic carbocycles. The van der Waals surface area contributed by atoms with Crippen LogP contribution in [0.25, 0.3) is 0 Å². The second-order valence-electron chi connectivity index (χ2n) is 4.13. The summed E-state index contributed by atoms with van der Waals surface area (Å²) in [6, 6.07) is 4.69. The van der Waals surface area contributed by atoms with Crippen LogP contribution in [0.15, 0.2) is 22.9 Å². The van der Waals surface area contributed by atoms with E-state index in [1.54, 1.807) is 0 Å². The molecule has 2 rings (SSSR count). The van der Waals surface area contributed by atoms with E-state index in [9.17, 15) is 0 Å². The number of rotatable bonds is 2. The van der Waals surface area contributed by atoms with Gasteiger partial charge in [0.05, 0.1) is 11.9 Å². The molecule has 1 heterocycles. The minimum Gasteiger partial charge on any atom is -0.381 e. The third kappa shape index (κ3) is 2.47. The van der Waals surface area contributed by atoms with Gasteiger partial charge in [0, 0.05) is 6.04 Å². The topological polar surface area (TPSA) is 24.9 Å². The van der Waals surface area contributed by atoms with Crippen LogP contribution in [0.3, 0.4) is 0 Å². The second kappa shape index (κ2) is 4.30. The number of pyridine rings is 1. The summed E-state index contributed by atoms with van der Waals surface area (Å²) < 4.78 is 0.892. The van der Waals surface area contributed by atoms with Crippen LogP contribution in [-0.4, -0.2) is 11.0 Å². The van der Waals surface area contributed by atoms with E-state index in [-0.39, 0.29) is 0 Å². The van der Waals surface area contributed by atoms with Crippen molar-refractivity contribution in [2.45, 2.75) is 32.2 Å². The van der Waals surface area contributed by atoms with Crippen molar-refractivity contribution in [1.29, 1.82) is 0 Å². The first-order valence-electron chi connectivity index (χ1n) is 5.12. The van der Waals surface area contributed by atoms with E-state index in [0.29, 0.717) is 6.04 Å². The van der Waals surface area contributed by atoms with Crippen LogP contribution in [0.1, 0.15) is 26.2 Å². The van der Waals surface area contributed by atoms with Gasteiger partial charge in [0.2, 0.25) is 0 Å². The van der Waals surface area contributed by atoms with Gasteiger partial charge in [-0.2, -0.15) is 0 Å². The Hall–Kier alpha value is -0.570. The SMILES string of the molecule is CC1CCC(Nc2ccc(Br)nc2)C1. The maximum Gasteiger partial charge on any atom is 0.106 e. The zero-order valence-corrected chi connectivity index (χ0v) is 9.92. The number of hydrogen-bond acceptors (Lipinski definition) is 2. The highest BCUT2D eigenvalue weighted by molar-refractivity contribution is 9.10. The van der Waals surface area contributed by atoms with E-state index in [4.69, 9.17) is 0 Å². The molecule has 0 bridgehead atoms. The first kappa shape index (κ1) is 9.97. The number of halogens is 1. The zero-order chi connectivity index (χ0) is 9.97. The smallest absolute Gasteiger partial charge is 0.106 e. The summed E-state index contributed by atoms with van der Waals surface area (Å²) in [7, 11) is 0. The average Bonchev–Trinajstić information content (AvgIpc) is 2.56. The van der Waals surface area contributed by atoms with E-state index in [2.05, 4.69) is 39.2 Å². The minimum absolute atomic E-state index is 0.646. The Morgan fingerprint density at radius 1 is 1.43 bits per heavy atom. The molecule has 76 valence electrons. The van der Waals surface area contributed by atoms with Gasteiger partial charge in [-0.15, -0.1) is 0 Å². The zero-order valence-electron chi connectivity index (χ0n) is 8.33. The van der Waals surface area contributed by atoms with Crippen molar-refractivity contribution in [2.75, 3.05) is 5.32 Å². The van der Waals surface area contributed by atoms with Gasteiger partial charge in [-0.3, -0.25) is 0 Å². The number of nitrogens with one attached hydrogen (secondary N) is 1. The molecule has 2 nitrogen and oxygen atoms in total. The minimum atomic E-state index is 0.646. The molecule has 0 aromatic carbocycles. The van der Waals surface area contributed by atoms with Crippen molar-refractivity contribution < 1.29 is 0 Å². The summed E-state index contributed by atoms with van der Waals surface area (Å²) >= 11 is 3.33. The van der Waals surface area contributed by atoms with Gasteiger partial charge in [-0.25, -0.2) is 4.98 Å². The molecule has 2 atom stereocenters. The molecule has 1 aromatic heterocycles.